The Hall–Kier alpha value is -1.33. The highest BCUT2D eigenvalue weighted by Crippen LogP contribution is 2.15. The normalized spacial score (nSPS) is 19.0. The van der Waals surface area contributed by atoms with Crippen LogP contribution in [0.25, 0.3) is 0 Å². The van der Waals surface area contributed by atoms with Crippen molar-refractivity contribution >= 4 is 18.3 Å². The third-order valence-electron chi connectivity index (χ3n) is 3.91. The lowest BCUT2D eigenvalue weighted by Gasteiger charge is -2.22. The van der Waals surface area contributed by atoms with Crippen LogP contribution in [0.5, 0.6) is 0 Å². The summed E-state index contributed by atoms with van der Waals surface area (Å²) in [4.78, 5) is 12.2. The number of amides is 1. The van der Waals surface area contributed by atoms with Gasteiger partial charge in [0, 0.05) is 18.8 Å². The van der Waals surface area contributed by atoms with E-state index in [9.17, 15) is 4.79 Å². The Morgan fingerprint density at radius 2 is 2.50 bits per heavy atom. The Morgan fingerprint density at radius 3 is 3.18 bits per heavy atom. The number of halogens is 1. The number of aromatic nitrogens is 2. The van der Waals surface area contributed by atoms with Gasteiger partial charge in [-0.3, -0.25) is 9.48 Å². The Bertz CT molecular complexity index is 468. The van der Waals surface area contributed by atoms with Gasteiger partial charge in [0.05, 0.1) is 6.04 Å². The van der Waals surface area contributed by atoms with Crippen molar-refractivity contribution in [1.82, 2.24) is 20.4 Å². The van der Waals surface area contributed by atoms with Crippen LogP contribution in [-0.2, 0) is 0 Å². The molecule has 1 aromatic rings. The van der Waals surface area contributed by atoms with Crippen LogP contribution in [0.15, 0.2) is 24.9 Å². The Balaban J connectivity index is 0.00000242. The molecule has 0 saturated carbocycles. The van der Waals surface area contributed by atoms with Crippen molar-refractivity contribution in [1.29, 1.82) is 0 Å². The fourth-order valence-electron chi connectivity index (χ4n) is 2.66. The first-order chi connectivity index (χ1) is 10.2. The molecule has 124 valence electrons. The van der Waals surface area contributed by atoms with Crippen molar-refractivity contribution in [2.75, 3.05) is 13.1 Å². The summed E-state index contributed by atoms with van der Waals surface area (Å²) in [6.07, 6.45) is 9.10. The van der Waals surface area contributed by atoms with Crippen LogP contribution in [0.3, 0.4) is 0 Å². The molecule has 5 nitrogen and oxygen atoms in total. The minimum Gasteiger partial charge on any atom is -0.348 e. The number of rotatable bonds is 7. The molecule has 0 aliphatic carbocycles. The molecule has 0 radical (unpaired) electrons. The molecule has 2 atom stereocenters. The first-order valence-electron chi connectivity index (χ1n) is 7.88. The average Bonchev–Trinajstić information content (AvgIpc) is 2.98. The van der Waals surface area contributed by atoms with E-state index >= 15 is 0 Å². The maximum atomic E-state index is 12.2. The van der Waals surface area contributed by atoms with Gasteiger partial charge in [-0.25, -0.2) is 0 Å². The van der Waals surface area contributed by atoms with Crippen molar-refractivity contribution < 1.29 is 4.79 Å². The first-order valence-corrected chi connectivity index (χ1v) is 7.88. The van der Waals surface area contributed by atoms with E-state index in [-0.39, 0.29) is 24.4 Å². The minimum absolute atomic E-state index is 0. The number of piperidine rings is 1. The van der Waals surface area contributed by atoms with E-state index in [4.69, 9.17) is 0 Å². The molecule has 1 saturated heterocycles. The summed E-state index contributed by atoms with van der Waals surface area (Å²) in [7, 11) is 0. The predicted octanol–water partition coefficient (Wildman–Crippen LogP) is 2.70. The quantitative estimate of drug-likeness (QED) is 0.598. The average molecular weight is 327 g/mol. The second kappa shape index (κ2) is 9.64. The first kappa shape index (κ1) is 18.7. The van der Waals surface area contributed by atoms with Gasteiger partial charge in [-0.2, -0.15) is 5.10 Å². The van der Waals surface area contributed by atoms with E-state index in [1.54, 1.807) is 6.07 Å². The van der Waals surface area contributed by atoms with Gasteiger partial charge >= 0.3 is 0 Å². The molecular weight excluding hydrogens is 300 g/mol. The number of hydrogen-bond acceptors (Lipinski definition) is 3. The lowest BCUT2D eigenvalue weighted by molar-refractivity contribution is 0.0931. The van der Waals surface area contributed by atoms with Crippen molar-refractivity contribution in [3.63, 3.8) is 0 Å². The Labute approximate surface area is 139 Å². The van der Waals surface area contributed by atoms with E-state index in [0.29, 0.717) is 11.7 Å². The summed E-state index contributed by atoms with van der Waals surface area (Å²) in [5.41, 5.74) is 0.510. The molecule has 6 heteroatoms. The highest BCUT2D eigenvalue weighted by molar-refractivity contribution is 5.92. The summed E-state index contributed by atoms with van der Waals surface area (Å²) in [6, 6.07) is 2.34. The SMILES string of the molecule is C=CCCCC(C)NC(=O)c1ccn(C2CCCNC2)n1.Cl. The Morgan fingerprint density at radius 1 is 1.68 bits per heavy atom. The summed E-state index contributed by atoms with van der Waals surface area (Å²) in [6.45, 7) is 7.75. The van der Waals surface area contributed by atoms with E-state index < -0.39 is 0 Å². The van der Waals surface area contributed by atoms with Gasteiger partial charge in [-0.15, -0.1) is 19.0 Å². The van der Waals surface area contributed by atoms with Crippen molar-refractivity contribution in [2.45, 2.75) is 51.1 Å². The van der Waals surface area contributed by atoms with Crippen LogP contribution in [0.1, 0.15) is 55.6 Å². The molecule has 0 bridgehead atoms. The second-order valence-corrected chi connectivity index (χ2v) is 5.78. The summed E-state index contributed by atoms with van der Waals surface area (Å²) in [5, 5.41) is 10.8. The molecule has 0 spiro atoms. The molecule has 1 amide bonds. The van der Waals surface area contributed by atoms with Crippen molar-refractivity contribution in [2.24, 2.45) is 0 Å². The predicted molar refractivity (Wildman–Crippen MR) is 91.6 cm³/mol. The maximum Gasteiger partial charge on any atom is 0.271 e. The largest absolute Gasteiger partial charge is 0.348 e. The fourth-order valence-corrected chi connectivity index (χ4v) is 2.66. The van der Waals surface area contributed by atoms with Crippen molar-refractivity contribution in [3.05, 3.63) is 30.6 Å². The van der Waals surface area contributed by atoms with E-state index in [1.807, 2.05) is 23.9 Å². The minimum atomic E-state index is -0.0800. The van der Waals surface area contributed by atoms with Gasteiger partial charge in [0.15, 0.2) is 0 Å². The van der Waals surface area contributed by atoms with Gasteiger partial charge < -0.3 is 10.6 Å². The highest BCUT2D eigenvalue weighted by atomic mass is 35.5. The number of carbonyl (C=O) groups excluding carboxylic acids is 1. The summed E-state index contributed by atoms with van der Waals surface area (Å²) < 4.78 is 1.92. The second-order valence-electron chi connectivity index (χ2n) is 5.78. The monoisotopic (exact) mass is 326 g/mol. The van der Waals surface area contributed by atoms with Gasteiger partial charge in [0.2, 0.25) is 0 Å². The van der Waals surface area contributed by atoms with Crippen molar-refractivity contribution in [3.8, 4) is 0 Å². The molecule has 2 heterocycles. The number of nitrogens with zero attached hydrogens (tertiary/aromatic N) is 2. The lowest BCUT2D eigenvalue weighted by Crippen LogP contribution is -2.34. The standard InChI is InChI=1S/C16H26N4O.ClH/c1-3-4-5-7-13(2)18-16(21)15-9-11-20(19-15)14-8-6-10-17-12-14;/h3,9,11,13-14,17H,1,4-8,10,12H2,2H3,(H,18,21);1H. The van der Waals surface area contributed by atoms with E-state index in [0.717, 1.165) is 45.2 Å². The molecule has 1 fully saturated rings. The van der Waals surface area contributed by atoms with E-state index in [2.05, 4.69) is 22.3 Å². The number of carbonyl (C=O) groups is 1. The Kier molecular flexibility index (Phi) is 8.20. The maximum absolute atomic E-state index is 12.2. The van der Waals surface area contributed by atoms with Gasteiger partial charge in [-0.1, -0.05) is 6.08 Å². The molecule has 0 aromatic carbocycles. The highest BCUT2D eigenvalue weighted by Gasteiger charge is 2.18. The zero-order valence-corrected chi connectivity index (χ0v) is 14.1. The topological polar surface area (TPSA) is 59.0 Å². The number of allylic oxidation sites excluding steroid dienone is 1. The van der Waals surface area contributed by atoms with Gasteiger partial charge in [0.1, 0.15) is 5.69 Å². The van der Waals surface area contributed by atoms with Crippen LogP contribution in [0.2, 0.25) is 0 Å². The third-order valence-corrected chi connectivity index (χ3v) is 3.91. The van der Waals surface area contributed by atoms with Crippen LogP contribution < -0.4 is 10.6 Å². The fraction of sp³-hybridized carbons (Fsp3) is 0.625. The third kappa shape index (κ3) is 5.46. The number of hydrogen-bond donors (Lipinski definition) is 2. The lowest BCUT2D eigenvalue weighted by atomic mass is 10.1. The van der Waals surface area contributed by atoms with Crippen LogP contribution in [0, 0.1) is 0 Å². The molecule has 1 aliphatic rings. The van der Waals surface area contributed by atoms with E-state index in [1.165, 1.54) is 0 Å². The summed E-state index contributed by atoms with van der Waals surface area (Å²) >= 11 is 0. The van der Waals surface area contributed by atoms with Crippen LogP contribution >= 0.6 is 12.4 Å². The van der Waals surface area contributed by atoms with Crippen LogP contribution in [-0.4, -0.2) is 34.8 Å². The molecule has 1 aliphatic heterocycles. The zero-order chi connectivity index (χ0) is 15.1. The van der Waals surface area contributed by atoms with Crippen LogP contribution in [0.4, 0.5) is 0 Å². The van der Waals surface area contributed by atoms with Gasteiger partial charge in [0.25, 0.3) is 5.91 Å². The number of unbranched alkanes of at least 4 members (excludes halogenated alkanes) is 1. The van der Waals surface area contributed by atoms with Gasteiger partial charge in [-0.05, 0) is 51.6 Å². The molecule has 2 rings (SSSR count). The molecule has 2 N–H and O–H groups in total. The zero-order valence-electron chi connectivity index (χ0n) is 13.3. The molecule has 2 unspecified atom stereocenters. The number of nitrogens with one attached hydrogen (secondary N) is 2. The smallest absolute Gasteiger partial charge is 0.271 e. The molecule has 22 heavy (non-hydrogen) atoms. The molecule has 1 aromatic heterocycles. The summed E-state index contributed by atoms with van der Waals surface area (Å²) in [5.74, 6) is -0.0800. The molecular formula is C16H27ClN4O.